The molecule has 1 aromatic rings. The summed E-state index contributed by atoms with van der Waals surface area (Å²) in [5.74, 6) is 1.10. The fourth-order valence-corrected chi connectivity index (χ4v) is 3.61. The van der Waals surface area contributed by atoms with E-state index in [4.69, 9.17) is 4.74 Å². The van der Waals surface area contributed by atoms with Crippen molar-refractivity contribution < 1.29 is 9.13 Å². The molecular formula is C17H26FNO. The van der Waals surface area contributed by atoms with Gasteiger partial charge < -0.3 is 10.1 Å². The molecule has 3 heteroatoms. The van der Waals surface area contributed by atoms with E-state index >= 15 is 0 Å². The largest absolute Gasteiger partial charge is 0.496 e. The van der Waals surface area contributed by atoms with Crippen molar-refractivity contribution in [1.29, 1.82) is 0 Å². The maximum Gasteiger partial charge on any atom is 0.123 e. The number of benzene rings is 1. The molecule has 0 aromatic heterocycles. The maximum absolute atomic E-state index is 13.7. The first-order chi connectivity index (χ1) is 9.49. The Morgan fingerprint density at radius 3 is 2.75 bits per heavy atom. The van der Waals surface area contributed by atoms with Crippen LogP contribution < -0.4 is 10.1 Å². The lowest BCUT2D eigenvalue weighted by atomic mass is 9.75. The molecule has 2 nitrogen and oxygen atoms in total. The van der Waals surface area contributed by atoms with Gasteiger partial charge in [-0.05, 0) is 48.9 Å². The second-order valence-corrected chi connectivity index (χ2v) is 6.41. The normalized spacial score (nSPS) is 22.8. The molecule has 20 heavy (non-hydrogen) atoms. The van der Waals surface area contributed by atoms with Crippen LogP contribution >= 0.6 is 0 Å². The number of nitrogens with one attached hydrogen (secondary N) is 1. The van der Waals surface area contributed by atoms with Crippen LogP contribution in [0, 0.1) is 17.2 Å². The van der Waals surface area contributed by atoms with E-state index in [2.05, 4.69) is 26.1 Å². The number of hydrogen-bond acceptors (Lipinski definition) is 2. The van der Waals surface area contributed by atoms with Gasteiger partial charge in [0.1, 0.15) is 11.6 Å². The molecule has 1 aliphatic rings. The Morgan fingerprint density at radius 2 is 2.20 bits per heavy atom. The average Bonchev–Trinajstić information content (AvgIpc) is 2.75. The molecule has 0 heterocycles. The lowest BCUT2D eigenvalue weighted by Gasteiger charge is -2.35. The third kappa shape index (κ3) is 2.98. The van der Waals surface area contributed by atoms with Gasteiger partial charge >= 0.3 is 0 Å². The maximum atomic E-state index is 13.7. The number of rotatable bonds is 5. The molecule has 112 valence electrons. The van der Waals surface area contributed by atoms with Crippen molar-refractivity contribution in [2.45, 2.75) is 46.1 Å². The van der Waals surface area contributed by atoms with E-state index in [0.29, 0.717) is 5.92 Å². The van der Waals surface area contributed by atoms with Gasteiger partial charge in [0.2, 0.25) is 0 Å². The van der Waals surface area contributed by atoms with Crippen molar-refractivity contribution in [3.8, 4) is 5.75 Å². The van der Waals surface area contributed by atoms with Crippen molar-refractivity contribution in [2.24, 2.45) is 11.3 Å². The molecule has 0 aliphatic heterocycles. The second-order valence-electron chi connectivity index (χ2n) is 6.41. The zero-order valence-electron chi connectivity index (χ0n) is 13.0. The third-order valence-electron chi connectivity index (χ3n) is 4.69. The van der Waals surface area contributed by atoms with Gasteiger partial charge in [0, 0.05) is 11.6 Å². The highest BCUT2D eigenvalue weighted by Gasteiger charge is 2.40. The first kappa shape index (κ1) is 15.3. The molecular weight excluding hydrogens is 253 g/mol. The lowest BCUT2D eigenvalue weighted by Crippen LogP contribution is -2.34. The first-order valence-corrected chi connectivity index (χ1v) is 7.56. The van der Waals surface area contributed by atoms with Gasteiger partial charge in [0.25, 0.3) is 0 Å². The topological polar surface area (TPSA) is 21.3 Å². The minimum atomic E-state index is -0.195. The van der Waals surface area contributed by atoms with Crippen molar-refractivity contribution in [3.05, 3.63) is 29.6 Å². The third-order valence-corrected chi connectivity index (χ3v) is 4.69. The molecule has 0 radical (unpaired) electrons. The van der Waals surface area contributed by atoms with Crippen LogP contribution in [0.15, 0.2) is 18.2 Å². The van der Waals surface area contributed by atoms with Crippen LogP contribution in [0.5, 0.6) is 5.75 Å². The van der Waals surface area contributed by atoms with Gasteiger partial charge in [-0.1, -0.05) is 27.2 Å². The Bertz CT molecular complexity index is 458. The van der Waals surface area contributed by atoms with Crippen LogP contribution in [-0.4, -0.2) is 13.7 Å². The Balaban J connectivity index is 2.40. The summed E-state index contributed by atoms with van der Waals surface area (Å²) in [6, 6.07) is 4.98. The molecule has 1 saturated carbocycles. The van der Waals surface area contributed by atoms with Crippen LogP contribution in [0.25, 0.3) is 0 Å². The number of methoxy groups -OCH3 is 1. The Kier molecular flexibility index (Phi) is 4.69. The predicted molar refractivity (Wildman–Crippen MR) is 80.5 cm³/mol. The van der Waals surface area contributed by atoms with Crippen LogP contribution in [0.4, 0.5) is 4.39 Å². The summed E-state index contributed by atoms with van der Waals surface area (Å²) >= 11 is 0. The van der Waals surface area contributed by atoms with Gasteiger partial charge in [0.15, 0.2) is 0 Å². The molecule has 2 rings (SSSR count). The SMILES string of the molecule is CCNC(c1cc(F)ccc1OC)C1CCCC1(C)C. The summed E-state index contributed by atoms with van der Waals surface area (Å²) in [6.07, 6.45) is 3.67. The van der Waals surface area contributed by atoms with Gasteiger partial charge in [-0.15, -0.1) is 0 Å². The number of hydrogen-bond donors (Lipinski definition) is 1. The number of halogens is 1. The summed E-state index contributed by atoms with van der Waals surface area (Å²) in [5, 5.41) is 3.55. The quantitative estimate of drug-likeness (QED) is 0.867. The van der Waals surface area contributed by atoms with Crippen LogP contribution in [0.1, 0.15) is 51.6 Å². The zero-order chi connectivity index (χ0) is 14.8. The van der Waals surface area contributed by atoms with Crippen molar-refractivity contribution >= 4 is 0 Å². The standard InChI is InChI=1S/C17H26FNO/c1-5-19-16(14-7-6-10-17(14,2)3)13-11-12(18)8-9-15(13)20-4/h8-9,11,14,16,19H,5-7,10H2,1-4H3. The van der Waals surface area contributed by atoms with Gasteiger partial charge in [0.05, 0.1) is 7.11 Å². The molecule has 0 amide bonds. The summed E-state index contributed by atoms with van der Waals surface area (Å²) < 4.78 is 19.1. The van der Waals surface area contributed by atoms with Crippen molar-refractivity contribution in [3.63, 3.8) is 0 Å². The minimum Gasteiger partial charge on any atom is -0.496 e. The zero-order valence-corrected chi connectivity index (χ0v) is 13.0. The highest BCUT2D eigenvalue weighted by atomic mass is 19.1. The van der Waals surface area contributed by atoms with E-state index in [1.807, 2.05) is 0 Å². The molecule has 2 atom stereocenters. The highest BCUT2D eigenvalue weighted by Crippen LogP contribution is 2.49. The summed E-state index contributed by atoms with van der Waals surface area (Å²) in [5.41, 5.74) is 1.23. The van der Waals surface area contributed by atoms with E-state index in [9.17, 15) is 4.39 Å². The number of ether oxygens (including phenoxy) is 1. The van der Waals surface area contributed by atoms with Gasteiger partial charge in [-0.3, -0.25) is 0 Å². The summed E-state index contributed by atoms with van der Waals surface area (Å²) in [4.78, 5) is 0. The van der Waals surface area contributed by atoms with Crippen molar-refractivity contribution in [1.82, 2.24) is 5.32 Å². The van der Waals surface area contributed by atoms with E-state index < -0.39 is 0 Å². The van der Waals surface area contributed by atoms with Crippen molar-refractivity contribution in [2.75, 3.05) is 13.7 Å². The molecule has 2 unspecified atom stereocenters. The second kappa shape index (κ2) is 6.13. The average molecular weight is 279 g/mol. The Hall–Kier alpha value is -1.09. The van der Waals surface area contributed by atoms with Crippen LogP contribution in [0.3, 0.4) is 0 Å². The summed E-state index contributed by atoms with van der Waals surface area (Å²) in [6.45, 7) is 7.61. The fraction of sp³-hybridized carbons (Fsp3) is 0.647. The minimum absolute atomic E-state index is 0.156. The molecule has 0 saturated heterocycles. The van der Waals surface area contributed by atoms with E-state index in [0.717, 1.165) is 17.9 Å². The predicted octanol–water partition coefficient (Wildman–Crippen LogP) is 4.31. The summed E-state index contributed by atoms with van der Waals surface area (Å²) in [7, 11) is 1.65. The van der Waals surface area contributed by atoms with Gasteiger partial charge in [-0.2, -0.15) is 0 Å². The van der Waals surface area contributed by atoms with E-state index in [1.54, 1.807) is 19.2 Å². The van der Waals surface area contributed by atoms with Gasteiger partial charge in [-0.25, -0.2) is 4.39 Å². The van der Waals surface area contributed by atoms with E-state index in [1.165, 1.54) is 25.3 Å². The molecule has 1 aromatic carbocycles. The Morgan fingerprint density at radius 1 is 1.45 bits per heavy atom. The van der Waals surface area contributed by atoms with Crippen LogP contribution in [0.2, 0.25) is 0 Å². The lowest BCUT2D eigenvalue weighted by molar-refractivity contribution is 0.196. The molecule has 1 fully saturated rings. The molecule has 0 bridgehead atoms. The highest BCUT2D eigenvalue weighted by molar-refractivity contribution is 5.37. The Labute approximate surface area is 121 Å². The monoisotopic (exact) mass is 279 g/mol. The molecule has 0 spiro atoms. The fourth-order valence-electron chi connectivity index (χ4n) is 3.61. The molecule has 1 N–H and O–H groups in total. The first-order valence-electron chi connectivity index (χ1n) is 7.56. The molecule has 1 aliphatic carbocycles. The van der Waals surface area contributed by atoms with Crippen LogP contribution in [-0.2, 0) is 0 Å². The van der Waals surface area contributed by atoms with E-state index in [-0.39, 0.29) is 17.3 Å². The smallest absolute Gasteiger partial charge is 0.123 e.